The van der Waals surface area contributed by atoms with Crippen LogP contribution in [0.1, 0.15) is 19.3 Å². The van der Waals surface area contributed by atoms with Crippen molar-refractivity contribution in [2.24, 2.45) is 0 Å². The molecular weight excluding hydrogens is 553 g/mol. The van der Waals surface area contributed by atoms with Gasteiger partial charge in [-0.1, -0.05) is 52.4 Å². The van der Waals surface area contributed by atoms with Crippen molar-refractivity contribution in [1.29, 1.82) is 0 Å². The van der Waals surface area contributed by atoms with E-state index in [1.54, 1.807) is 0 Å². The van der Waals surface area contributed by atoms with Gasteiger partial charge < -0.3 is 8.23 Å². The molecule has 1 radical (unpaired) electrons. The minimum Gasteiger partial charge on any atom is -0.455 e. The third kappa shape index (κ3) is 16.7. The minimum atomic E-state index is -1.59. The third-order valence-electron chi connectivity index (χ3n) is 4.85. The lowest BCUT2D eigenvalue weighted by Gasteiger charge is -2.35. The minimum absolute atomic E-state index is 0.0608. The van der Waals surface area contributed by atoms with Crippen LogP contribution in [0, 0.1) is 0 Å². The van der Waals surface area contributed by atoms with Crippen molar-refractivity contribution in [2.45, 2.75) is 96.1 Å². The highest BCUT2D eigenvalue weighted by atomic mass is 127. The summed E-state index contributed by atoms with van der Waals surface area (Å²) < 4.78 is 13.5. The van der Waals surface area contributed by atoms with E-state index < -0.39 is 33.3 Å². The average Bonchev–Trinajstić information content (AvgIpc) is 2.52. The van der Waals surface area contributed by atoms with Crippen LogP contribution in [0.25, 0.3) is 0 Å². The lowest BCUT2D eigenvalue weighted by Crippen LogP contribution is -2.46. The number of hydrogen-bond donors (Lipinski definition) is 0. The van der Waals surface area contributed by atoms with E-state index in [-0.39, 0.29) is 5.44 Å². The maximum Gasteiger partial charge on any atom is 0.177 e. The summed E-state index contributed by atoms with van der Waals surface area (Å²) >= 11 is 2.69. The first kappa shape index (κ1) is 30.5. The van der Waals surface area contributed by atoms with Gasteiger partial charge in [0.2, 0.25) is 0 Å². The zero-order valence-electron chi connectivity index (χ0n) is 20.4. The van der Waals surface area contributed by atoms with Gasteiger partial charge in [0.25, 0.3) is 0 Å². The van der Waals surface area contributed by atoms with E-state index in [0.29, 0.717) is 0 Å². The summed E-state index contributed by atoms with van der Waals surface area (Å²) in [5, 5.41) is 0. The zero-order chi connectivity index (χ0) is 22.8. The maximum atomic E-state index is 6.75. The first-order valence-corrected chi connectivity index (χ1v) is 27.9. The van der Waals surface area contributed by atoms with Crippen LogP contribution in [-0.4, -0.2) is 46.1 Å². The molecule has 0 spiro atoms. The quantitative estimate of drug-likeness (QED) is 0.0547. The van der Waals surface area contributed by atoms with E-state index in [4.69, 9.17) is 8.23 Å². The molecule has 29 heavy (non-hydrogen) atoms. The van der Waals surface area contributed by atoms with Gasteiger partial charge >= 0.3 is 0 Å². The maximum absolute atomic E-state index is 6.75. The molecule has 1 atom stereocenters. The van der Waals surface area contributed by atoms with E-state index in [9.17, 15) is 0 Å². The molecule has 1 unspecified atom stereocenters. The predicted molar refractivity (Wildman–Crippen MR) is 157 cm³/mol. The van der Waals surface area contributed by atoms with Crippen molar-refractivity contribution in [3.05, 3.63) is 25.3 Å². The number of rotatable bonds is 17. The number of halogens is 1. The summed E-state index contributed by atoms with van der Waals surface area (Å²) in [4.78, 5) is 0. The molecule has 0 aromatic heterocycles. The lowest BCUT2D eigenvalue weighted by molar-refractivity contribution is 0.535. The van der Waals surface area contributed by atoms with Gasteiger partial charge in [0, 0.05) is 0 Å². The van der Waals surface area contributed by atoms with Crippen LogP contribution in [0.4, 0.5) is 0 Å². The predicted octanol–water partition coefficient (Wildman–Crippen LogP) is 8.79. The van der Waals surface area contributed by atoms with Crippen molar-refractivity contribution in [2.75, 3.05) is 5.79 Å². The Labute approximate surface area is 202 Å². The molecule has 2 nitrogen and oxygen atoms in total. The smallest absolute Gasteiger partial charge is 0.177 e. The summed E-state index contributed by atoms with van der Waals surface area (Å²) in [6.07, 6.45) is 8.74. The average molecular weight is 600 g/mol. The molecule has 0 rings (SSSR count). The van der Waals surface area contributed by atoms with E-state index in [1.165, 1.54) is 36.7 Å². The van der Waals surface area contributed by atoms with Gasteiger partial charge in [-0.05, 0) is 89.1 Å². The van der Waals surface area contributed by atoms with Crippen LogP contribution < -0.4 is 0 Å². The van der Waals surface area contributed by atoms with Crippen LogP contribution in [0.15, 0.2) is 25.3 Å². The van der Waals surface area contributed by atoms with Crippen LogP contribution >= 0.6 is 27.5 Å². The summed E-state index contributed by atoms with van der Waals surface area (Å²) in [6.45, 7) is 29.4. The Hall–Kier alpha value is 1.49. The van der Waals surface area contributed by atoms with E-state index >= 15 is 0 Å². The van der Waals surface area contributed by atoms with Gasteiger partial charge in [0.15, 0.2) is 40.3 Å². The summed E-state index contributed by atoms with van der Waals surface area (Å²) in [6, 6.07) is 3.67. The first-order chi connectivity index (χ1) is 13.1. The van der Waals surface area contributed by atoms with Crippen LogP contribution in [0.5, 0.6) is 0 Å². The fourth-order valence-electron chi connectivity index (χ4n) is 3.77. The van der Waals surface area contributed by atoms with Crippen molar-refractivity contribution in [3.8, 4) is 0 Å². The Kier molecular flexibility index (Phi) is 14.6. The molecule has 0 saturated heterocycles. The molecule has 0 aromatic carbocycles. The molecule has 0 aromatic rings. The van der Waals surface area contributed by atoms with E-state index in [1.807, 2.05) is 12.2 Å². The summed E-state index contributed by atoms with van der Waals surface area (Å²) in [5.41, 5.74) is -0.0608. The zero-order valence-corrected chi connectivity index (χ0v) is 27.5. The van der Waals surface area contributed by atoms with Gasteiger partial charge in [-0.3, -0.25) is 0 Å². The SMILES string of the molecule is C=CCC[Si](C)(C)O[Si](C)(C)CCC[B]P(I)C[Si](C)(C)O[Si](C)(C)CCC=C. The second kappa shape index (κ2) is 13.9. The standard InChI is InChI=1S/C20H46BIO2PSi4/c1-11-13-17-26(3,4)23-28(7,8)19-15-16-21-25(22)20-29(9,10)24-27(5,6)18-14-12-2/h11-12H,1-2,13-20H2,3-10H3. The number of hydrogen-bond acceptors (Lipinski definition) is 2. The largest absolute Gasteiger partial charge is 0.455 e. The van der Waals surface area contributed by atoms with Gasteiger partial charge in [0.1, 0.15) is 0 Å². The molecule has 169 valence electrons. The fraction of sp³-hybridized carbons (Fsp3) is 0.800. The highest BCUT2D eigenvalue weighted by Crippen LogP contribution is 2.47. The molecule has 0 bridgehead atoms. The highest BCUT2D eigenvalue weighted by Gasteiger charge is 2.34. The molecule has 0 saturated carbocycles. The molecule has 0 aliphatic heterocycles. The second-order valence-electron chi connectivity index (χ2n) is 10.5. The monoisotopic (exact) mass is 599 g/mol. The molecule has 0 fully saturated rings. The molecule has 0 heterocycles. The van der Waals surface area contributed by atoms with Gasteiger partial charge in [-0.2, -0.15) is 0 Å². The summed E-state index contributed by atoms with van der Waals surface area (Å²) in [7, 11) is -6.24. The first-order valence-electron chi connectivity index (χ1n) is 11.0. The van der Waals surface area contributed by atoms with Gasteiger partial charge in [-0.15, -0.1) is 13.2 Å². The van der Waals surface area contributed by atoms with Crippen molar-refractivity contribution < 1.29 is 8.23 Å². The second-order valence-corrected chi connectivity index (χ2v) is 33.9. The van der Waals surface area contributed by atoms with Crippen LogP contribution in [-0.2, 0) is 8.23 Å². The third-order valence-corrected chi connectivity index (χ3v) is 27.4. The van der Waals surface area contributed by atoms with Crippen molar-refractivity contribution in [3.63, 3.8) is 0 Å². The van der Waals surface area contributed by atoms with Crippen LogP contribution in [0.3, 0.4) is 0 Å². The normalized spacial score (nSPS) is 14.5. The van der Waals surface area contributed by atoms with Gasteiger partial charge in [0.05, 0.1) is 0 Å². The molecule has 0 amide bonds. The van der Waals surface area contributed by atoms with E-state index in [0.717, 1.165) is 12.8 Å². The Morgan fingerprint density at radius 2 is 1.17 bits per heavy atom. The summed E-state index contributed by atoms with van der Waals surface area (Å²) in [5.74, 6) is 1.28. The Morgan fingerprint density at radius 1 is 0.759 bits per heavy atom. The Balaban J connectivity index is 4.32. The van der Waals surface area contributed by atoms with Crippen molar-refractivity contribution in [1.82, 2.24) is 0 Å². The molecule has 9 heteroatoms. The van der Waals surface area contributed by atoms with Gasteiger partial charge in [-0.25, -0.2) is 0 Å². The lowest BCUT2D eigenvalue weighted by atomic mass is 10.0. The fourth-order valence-corrected chi connectivity index (χ4v) is 32.8. The number of allylic oxidation sites excluding steroid dienone is 2. The topological polar surface area (TPSA) is 18.5 Å². The molecule has 0 aliphatic rings. The molecule has 0 aliphatic carbocycles. The molecular formula is C20H46BIO2PSi4. The van der Waals surface area contributed by atoms with Crippen molar-refractivity contribution >= 4 is 67.8 Å². The Bertz CT molecular complexity index is 505. The highest BCUT2D eigenvalue weighted by molar-refractivity contribution is 14.2. The molecule has 0 N–H and O–H groups in total. The van der Waals surface area contributed by atoms with E-state index in [2.05, 4.69) is 94.6 Å². The van der Waals surface area contributed by atoms with Crippen LogP contribution in [0.2, 0.25) is 76.8 Å². The Morgan fingerprint density at radius 3 is 1.62 bits per heavy atom.